The van der Waals surface area contributed by atoms with Crippen molar-refractivity contribution in [3.63, 3.8) is 0 Å². The van der Waals surface area contributed by atoms with Gasteiger partial charge in [0.2, 0.25) is 5.91 Å². The number of nitrogens with one attached hydrogen (secondary N) is 1. The van der Waals surface area contributed by atoms with Crippen molar-refractivity contribution in [3.05, 3.63) is 0 Å². The van der Waals surface area contributed by atoms with E-state index in [9.17, 15) is 4.79 Å². The van der Waals surface area contributed by atoms with Gasteiger partial charge in [0, 0.05) is 11.8 Å². The van der Waals surface area contributed by atoms with Crippen LogP contribution in [0.1, 0.15) is 27.2 Å². The molecular weight excluding hydrogens is 226 g/mol. The Hall–Kier alpha value is -0.910. The average Bonchev–Trinajstić information content (AvgIpc) is 2.26. The summed E-state index contributed by atoms with van der Waals surface area (Å²) in [4.78, 5) is 11.8. The van der Waals surface area contributed by atoms with Gasteiger partial charge in [0.15, 0.2) is 5.84 Å². The first-order valence-corrected chi connectivity index (χ1v) is 6.57. The van der Waals surface area contributed by atoms with Crippen LogP contribution < -0.4 is 11.1 Å². The summed E-state index contributed by atoms with van der Waals surface area (Å²) in [5.74, 6) is 1.14. The maximum Gasteiger partial charge on any atom is 0.231 e. The number of carbonyl (C=O) groups is 1. The number of amidine groups is 1. The molecule has 0 heterocycles. The smallest absolute Gasteiger partial charge is 0.231 e. The lowest BCUT2D eigenvalue weighted by Gasteiger charge is -2.17. The van der Waals surface area contributed by atoms with Gasteiger partial charge in [0.1, 0.15) is 0 Å². The fourth-order valence-electron chi connectivity index (χ4n) is 1.28. The van der Waals surface area contributed by atoms with Crippen LogP contribution in [0.5, 0.6) is 0 Å². The van der Waals surface area contributed by atoms with E-state index in [0.29, 0.717) is 6.42 Å². The van der Waals surface area contributed by atoms with Gasteiger partial charge in [-0.25, -0.2) is 0 Å². The molecule has 0 radical (unpaired) electrons. The third-order valence-electron chi connectivity index (χ3n) is 2.16. The Morgan fingerprint density at radius 2 is 2.19 bits per heavy atom. The first kappa shape index (κ1) is 15.1. The largest absolute Gasteiger partial charge is 0.409 e. The summed E-state index contributed by atoms with van der Waals surface area (Å²) in [6, 6.07) is 0.0954. The second kappa shape index (κ2) is 8.27. The van der Waals surface area contributed by atoms with E-state index < -0.39 is 5.92 Å². The van der Waals surface area contributed by atoms with E-state index in [1.54, 1.807) is 11.8 Å². The minimum absolute atomic E-state index is 0.0321. The Morgan fingerprint density at radius 1 is 1.56 bits per heavy atom. The molecule has 2 unspecified atom stereocenters. The maximum atomic E-state index is 11.8. The Morgan fingerprint density at radius 3 is 2.62 bits per heavy atom. The van der Waals surface area contributed by atoms with Crippen LogP contribution in [0.15, 0.2) is 5.16 Å². The average molecular weight is 247 g/mol. The molecule has 6 heteroatoms. The number of amides is 1. The standard InChI is InChI=1S/C10H21N3O2S/c1-4-8(9(11)13-15)10(14)12-7(3)6-16-5-2/h7-8,15H,4-6H2,1-3H3,(H2,11,13)(H,12,14). The molecule has 16 heavy (non-hydrogen) atoms. The lowest BCUT2D eigenvalue weighted by molar-refractivity contribution is -0.123. The molecule has 0 spiro atoms. The van der Waals surface area contributed by atoms with E-state index in [1.807, 2.05) is 13.8 Å². The van der Waals surface area contributed by atoms with Crippen molar-refractivity contribution in [2.75, 3.05) is 11.5 Å². The molecule has 0 aliphatic heterocycles. The van der Waals surface area contributed by atoms with E-state index in [2.05, 4.69) is 17.4 Å². The minimum Gasteiger partial charge on any atom is -0.409 e. The lowest BCUT2D eigenvalue weighted by Crippen LogP contribution is -2.43. The molecule has 0 aromatic carbocycles. The van der Waals surface area contributed by atoms with Crippen LogP contribution in [-0.2, 0) is 4.79 Å². The van der Waals surface area contributed by atoms with Gasteiger partial charge in [-0.1, -0.05) is 19.0 Å². The second-order valence-corrected chi connectivity index (χ2v) is 4.87. The zero-order chi connectivity index (χ0) is 12.6. The van der Waals surface area contributed by atoms with E-state index >= 15 is 0 Å². The molecule has 0 aliphatic carbocycles. The highest BCUT2D eigenvalue weighted by atomic mass is 32.2. The number of rotatable bonds is 7. The Balaban J connectivity index is 4.21. The fraction of sp³-hybridized carbons (Fsp3) is 0.800. The first-order chi connectivity index (χ1) is 7.56. The molecule has 0 fully saturated rings. The summed E-state index contributed by atoms with van der Waals surface area (Å²) in [6.07, 6.45) is 0.523. The van der Waals surface area contributed by atoms with E-state index in [-0.39, 0.29) is 17.8 Å². The molecule has 5 nitrogen and oxygen atoms in total. The molecule has 1 amide bonds. The normalized spacial score (nSPS) is 15.6. The highest BCUT2D eigenvalue weighted by Gasteiger charge is 2.22. The number of oxime groups is 1. The van der Waals surface area contributed by atoms with Crippen LogP contribution in [0.3, 0.4) is 0 Å². The molecule has 0 rings (SSSR count). The lowest BCUT2D eigenvalue weighted by atomic mass is 10.0. The summed E-state index contributed by atoms with van der Waals surface area (Å²) in [5, 5.41) is 14.3. The summed E-state index contributed by atoms with van der Waals surface area (Å²) in [6.45, 7) is 5.85. The van der Waals surface area contributed by atoms with Gasteiger partial charge in [-0.15, -0.1) is 0 Å². The van der Waals surface area contributed by atoms with Gasteiger partial charge in [0.05, 0.1) is 5.92 Å². The predicted octanol–water partition coefficient (Wildman–Crippen LogP) is 1.02. The number of hydrogen-bond donors (Lipinski definition) is 3. The van der Waals surface area contributed by atoms with Crippen molar-refractivity contribution in [1.29, 1.82) is 0 Å². The minimum atomic E-state index is -0.543. The molecule has 0 bridgehead atoms. The van der Waals surface area contributed by atoms with Crippen molar-refractivity contribution < 1.29 is 10.0 Å². The summed E-state index contributed by atoms with van der Waals surface area (Å²) >= 11 is 1.77. The number of thioether (sulfide) groups is 1. The number of carbonyl (C=O) groups excluding carboxylic acids is 1. The van der Waals surface area contributed by atoms with Gasteiger partial charge >= 0.3 is 0 Å². The summed E-state index contributed by atoms with van der Waals surface area (Å²) < 4.78 is 0. The Kier molecular flexibility index (Phi) is 7.80. The third-order valence-corrected chi connectivity index (χ3v) is 3.30. The topological polar surface area (TPSA) is 87.7 Å². The van der Waals surface area contributed by atoms with Crippen LogP contribution in [0.25, 0.3) is 0 Å². The monoisotopic (exact) mass is 247 g/mol. The van der Waals surface area contributed by atoms with Crippen molar-refractivity contribution in [1.82, 2.24) is 5.32 Å². The van der Waals surface area contributed by atoms with Gasteiger partial charge < -0.3 is 16.3 Å². The Bertz CT molecular complexity index is 246. The van der Waals surface area contributed by atoms with Gasteiger partial charge in [0.25, 0.3) is 0 Å². The van der Waals surface area contributed by atoms with Crippen molar-refractivity contribution in [2.45, 2.75) is 33.2 Å². The number of hydrogen-bond acceptors (Lipinski definition) is 4. The molecular formula is C10H21N3O2S. The highest BCUT2D eigenvalue weighted by molar-refractivity contribution is 7.99. The molecule has 4 N–H and O–H groups in total. The maximum absolute atomic E-state index is 11.8. The summed E-state index contributed by atoms with van der Waals surface area (Å²) in [7, 11) is 0. The summed E-state index contributed by atoms with van der Waals surface area (Å²) in [5.41, 5.74) is 5.44. The van der Waals surface area contributed by atoms with Crippen molar-refractivity contribution in [2.24, 2.45) is 16.8 Å². The van der Waals surface area contributed by atoms with Crippen molar-refractivity contribution >= 4 is 23.5 Å². The Labute approximate surface area is 101 Å². The van der Waals surface area contributed by atoms with Crippen LogP contribution in [0.2, 0.25) is 0 Å². The quantitative estimate of drug-likeness (QED) is 0.271. The van der Waals surface area contributed by atoms with Crippen LogP contribution >= 0.6 is 11.8 Å². The predicted molar refractivity (Wildman–Crippen MR) is 67.8 cm³/mol. The molecule has 0 saturated carbocycles. The molecule has 2 atom stereocenters. The molecule has 0 aliphatic rings. The number of nitrogens with zero attached hydrogens (tertiary/aromatic N) is 1. The van der Waals surface area contributed by atoms with E-state index in [0.717, 1.165) is 11.5 Å². The van der Waals surface area contributed by atoms with Gasteiger partial charge in [-0.3, -0.25) is 4.79 Å². The molecule has 0 saturated heterocycles. The van der Waals surface area contributed by atoms with Crippen LogP contribution in [0, 0.1) is 5.92 Å². The van der Waals surface area contributed by atoms with Crippen molar-refractivity contribution in [3.8, 4) is 0 Å². The van der Waals surface area contributed by atoms with Gasteiger partial charge in [-0.2, -0.15) is 11.8 Å². The third kappa shape index (κ3) is 5.25. The highest BCUT2D eigenvalue weighted by Crippen LogP contribution is 2.06. The fourth-order valence-corrected chi connectivity index (χ4v) is 1.95. The van der Waals surface area contributed by atoms with E-state index in [4.69, 9.17) is 10.9 Å². The van der Waals surface area contributed by atoms with Gasteiger partial charge in [-0.05, 0) is 19.1 Å². The second-order valence-electron chi connectivity index (χ2n) is 3.55. The van der Waals surface area contributed by atoms with Crippen LogP contribution in [0.4, 0.5) is 0 Å². The number of nitrogens with two attached hydrogens (primary N) is 1. The zero-order valence-electron chi connectivity index (χ0n) is 10.1. The SMILES string of the molecule is CCSCC(C)NC(=O)C(CC)C(N)=NO. The molecule has 0 aromatic rings. The molecule has 94 valence electrons. The van der Waals surface area contributed by atoms with Crippen LogP contribution in [-0.4, -0.2) is 34.5 Å². The molecule has 0 aromatic heterocycles. The van der Waals surface area contributed by atoms with E-state index in [1.165, 1.54) is 0 Å². The zero-order valence-corrected chi connectivity index (χ0v) is 10.9. The first-order valence-electron chi connectivity index (χ1n) is 5.42.